The van der Waals surface area contributed by atoms with E-state index >= 15 is 0 Å². The maximum atomic E-state index is 12.7. The van der Waals surface area contributed by atoms with Crippen molar-refractivity contribution >= 4 is 28.5 Å². The fourth-order valence-electron chi connectivity index (χ4n) is 2.97. The molecule has 2 aromatic rings. The predicted molar refractivity (Wildman–Crippen MR) is 110 cm³/mol. The van der Waals surface area contributed by atoms with E-state index in [-0.39, 0.29) is 11.4 Å². The highest BCUT2D eigenvalue weighted by molar-refractivity contribution is 8.13. The third-order valence-corrected chi connectivity index (χ3v) is 5.35. The van der Waals surface area contributed by atoms with Crippen LogP contribution in [0.1, 0.15) is 29.3 Å². The molecule has 1 aliphatic heterocycles. The van der Waals surface area contributed by atoms with Crippen LogP contribution >= 0.6 is 11.8 Å². The second-order valence-electron chi connectivity index (χ2n) is 6.46. The second kappa shape index (κ2) is 7.92. The molecule has 0 aliphatic carbocycles. The van der Waals surface area contributed by atoms with Crippen LogP contribution in [0.4, 0.5) is 5.69 Å². The van der Waals surface area contributed by atoms with Crippen LogP contribution in [-0.2, 0) is 5.54 Å². The van der Waals surface area contributed by atoms with E-state index < -0.39 is 0 Å². The van der Waals surface area contributed by atoms with E-state index in [1.165, 1.54) is 0 Å². The Kier molecular flexibility index (Phi) is 5.60. The number of amidine groups is 1. The van der Waals surface area contributed by atoms with Crippen molar-refractivity contribution in [3.8, 4) is 11.5 Å². The van der Waals surface area contributed by atoms with Crippen molar-refractivity contribution in [2.45, 2.75) is 18.9 Å². The summed E-state index contributed by atoms with van der Waals surface area (Å²) >= 11 is 1.57. The number of nitrogens with two attached hydrogens (primary N) is 1. The van der Waals surface area contributed by atoms with E-state index in [1.807, 2.05) is 24.3 Å². The van der Waals surface area contributed by atoms with Crippen LogP contribution in [0.5, 0.6) is 11.5 Å². The van der Waals surface area contributed by atoms with Crippen LogP contribution < -0.4 is 20.5 Å². The Bertz CT molecular complexity index is 862. The zero-order valence-electron chi connectivity index (χ0n) is 15.6. The zero-order valence-corrected chi connectivity index (χ0v) is 16.4. The van der Waals surface area contributed by atoms with Crippen molar-refractivity contribution in [3.63, 3.8) is 0 Å². The fraction of sp³-hybridized carbons (Fsp3) is 0.300. The highest BCUT2D eigenvalue weighted by atomic mass is 32.2. The van der Waals surface area contributed by atoms with Gasteiger partial charge < -0.3 is 20.5 Å². The number of methoxy groups -OCH3 is 2. The summed E-state index contributed by atoms with van der Waals surface area (Å²) in [6.07, 6.45) is 0.892. The molecular formula is C20H23N3O3S. The molecule has 1 atom stereocenters. The van der Waals surface area contributed by atoms with Gasteiger partial charge >= 0.3 is 0 Å². The van der Waals surface area contributed by atoms with Crippen molar-refractivity contribution in [2.24, 2.45) is 10.7 Å². The van der Waals surface area contributed by atoms with Gasteiger partial charge in [-0.05, 0) is 43.2 Å². The van der Waals surface area contributed by atoms with Gasteiger partial charge in [-0.2, -0.15) is 0 Å². The Hall–Kier alpha value is -2.67. The van der Waals surface area contributed by atoms with E-state index in [4.69, 9.17) is 15.2 Å². The number of amides is 1. The van der Waals surface area contributed by atoms with Crippen molar-refractivity contribution < 1.29 is 14.3 Å². The molecule has 142 valence electrons. The molecule has 0 radical (unpaired) electrons. The summed E-state index contributed by atoms with van der Waals surface area (Å²) in [5.41, 5.74) is 7.72. The first-order chi connectivity index (χ1) is 12.9. The Labute approximate surface area is 163 Å². The van der Waals surface area contributed by atoms with Crippen LogP contribution in [0.2, 0.25) is 0 Å². The Morgan fingerprint density at radius 1 is 1.19 bits per heavy atom. The SMILES string of the molecule is COc1cc(OC)cc(C(=O)Nc2cccc(C3(C)CCSC(N)=N3)c2)c1. The number of hydrogen-bond acceptors (Lipinski definition) is 6. The van der Waals surface area contributed by atoms with Crippen LogP contribution in [0.3, 0.4) is 0 Å². The van der Waals surface area contributed by atoms with Gasteiger partial charge in [0.1, 0.15) is 11.5 Å². The minimum atomic E-state index is -0.380. The minimum Gasteiger partial charge on any atom is -0.497 e. The van der Waals surface area contributed by atoms with E-state index in [1.54, 1.807) is 44.2 Å². The Morgan fingerprint density at radius 2 is 1.89 bits per heavy atom. The molecule has 0 saturated carbocycles. The molecule has 0 bridgehead atoms. The van der Waals surface area contributed by atoms with Gasteiger partial charge in [0.05, 0.1) is 19.8 Å². The number of carbonyl (C=O) groups is 1. The number of nitrogens with zero attached hydrogens (tertiary/aromatic N) is 1. The van der Waals surface area contributed by atoms with Gasteiger partial charge in [0.15, 0.2) is 5.17 Å². The topological polar surface area (TPSA) is 85.9 Å². The lowest BCUT2D eigenvalue weighted by Crippen LogP contribution is -2.28. The van der Waals surface area contributed by atoms with Crippen molar-refractivity contribution in [2.75, 3.05) is 25.3 Å². The third-order valence-electron chi connectivity index (χ3n) is 4.55. The molecule has 1 aliphatic rings. The van der Waals surface area contributed by atoms with E-state index in [9.17, 15) is 4.79 Å². The number of rotatable bonds is 5. The molecule has 2 aromatic carbocycles. The molecule has 1 amide bonds. The third kappa shape index (κ3) is 4.36. The average molecular weight is 385 g/mol. The molecule has 3 N–H and O–H groups in total. The summed E-state index contributed by atoms with van der Waals surface area (Å²) in [6, 6.07) is 12.8. The summed E-state index contributed by atoms with van der Waals surface area (Å²) in [4.78, 5) is 17.3. The van der Waals surface area contributed by atoms with Gasteiger partial charge in [0.25, 0.3) is 5.91 Å². The second-order valence-corrected chi connectivity index (χ2v) is 7.57. The van der Waals surface area contributed by atoms with Crippen molar-refractivity contribution in [1.29, 1.82) is 0 Å². The normalized spacial score (nSPS) is 19.1. The highest BCUT2D eigenvalue weighted by Gasteiger charge is 2.29. The minimum absolute atomic E-state index is 0.239. The predicted octanol–water partition coefficient (Wildman–Crippen LogP) is 3.62. The number of carbonyl (C=O) groups excluding carboxylic acids is 1. The lowest BCUT2D eigenvalue weighted by Gasteiger charge is -2.30. The molecule has 7 heteroatoms. The van der Waals surface area contributed by atoms with Gasteiger partial charge in [-0.3, -0.25) is 9.79 Å². The quantitative estimate of drug-likeness (QED) is 0.821. The number of aliphatic imine (C=N–C) groups is 1. The summed E-state index contributed by atoms with van der Waals surface area (Å²) in [5.74, 6) is 1.80. The summed E-state index contributed by atoms with van der Waals surface area (Å²) in [6.45, 7) is 2.06. The van der Waals surface area contributed by atoms with Gasteiger partial charge in [0, 0.05) is 23.1 Å². The lowest BCUT2D eigenvalue weighted by molar-refractivity contribution is 0.102. The van der Waals surface area contributed by atoms with Gasteiger partial charge in [-0.15, -0.1) is 0 Å². The smallest absolute Gasteiger partial charge is 0.255 e. The first-order valence-corrected chi connectivity index (χ1v) is 9.55. The number of ether oxygens (including phenoxy) is 2. The largest absolute Gasteiger partial charge is 0.497 e. The lowest BCUT2D eigenvalue weighted by atomic mass is 9.89. The van der Waals surface area contributed by atoms with E-state index in [0.717, 1.165) is 17.7 Å². The highest BCUT2D eigenvalue weighted by Crippen LogP contribution is 2.36. The summed E-state index contributed by atoms with van der Waals surface area (Å²) in [5, 5.41) is 3.53. The monoisotopic (exact) mass is 385 g/mol. The molecule has 27 heavy (non-hydrogen) atoms. The number of benzene rings is 2. The van der Waals surface area contributed by atoms with Gasteiger partial charge in [-0.1, -0.05) is 23.9 Å². The van der Waals surface area contributed by atoms with Gasteiger partial charge in [0.2, 0.25) is 0 Å². The Balaban J connectivity index is 1.84. The maximum Gasteiger partial charge on any atom is 0.255 e. The van der Waals surface area contributed by atoms with Crippen LogP contribution in [0.25, 0.3) is 0 Å². The Morgan fingerprint density at radius 3 is 2.52 bits per heavy atom. The van der Waals surface area contributed by atoms with Crippen molar-refractivity contribution in [3.05, 3.63) is 53.6 Å². The molecule has 6 nitrogen and oxygen atoms in total. The molecule has 1 heterocycles. The van der Waals surface area contributed by atoms with E-state index in [2.05, 4.69) is 17.2 Å². The molecule has 0 spiro atoms. The molecule has 0 saturated heterocycles. The fourth-order valence-corrected chi connectivity index (χ4v) is 3.94. The number of anilines is 1. The molecule has 0 aromatic heterocycles. The number of hydrogen-bond donors (Lipinski definition) is 2. The first-order valence-electron chi connectivity index (χ1n) is 8.56. The zero-order chi connectivity index (χ0) is 19.4. The van der Waals surface area contributed by atoms with Crippen LogP contribution in [0.15, 0.2) is 47.5 Å². The van der Waals surface area contributed by atoms with Crippen molar-refractivity contribution in [1.82, 2.24) is 0 Å². The summed E-state index contributed by atoms with van der Waals surface area (Å²) in [7, 11) is 3.10. The molecule has 0 fully saturated rings. The van der Waals surface area contributed by atoms with E-state index in [0.29, 0.717) is 27.9 Å². The maximum absolute atomic E-state index is 12.7. The average Bonchev–Trinajstić information content (AvgIpc) is 2.67. The molecular weight excluding hydrogens is 362 g/mol. The summed E-state index contributed by atoms with van der Waals surface area (Å²) < 4.78 is 10.5. The van der Waals surface area contributed by atoms with Crippen LogP contribution in [0, 0.1) is 0 Å². The first kappa shape index (κ1) is 19.1. The molecule has 3 rings (SSSR count). The van der Waals surface area contributed by atoms with Gasteiger partial charge in [-0.25, -0.2) is 0 Å². The number of nitrogens with one attached hydrogen (secondary N) is 1. The van der Waals surface area contributed by atoms with Crippen LogP contribution in [-0.4, -0.2) is 31.0 Å². The molecule has 1 unspecified atom stereocenters. The number of thioether (sulfide) groups is 1. The standard InChI is InChI=1S/C20H23N3O3S/c1-20(7-8-27-19(21)23-20)14-5-4-6-15(11-14)22-18(24)13-9-16(25-2)12-17(10-13)26-3/h4-6,9-12H,7-8H2,1-3H3,(H2,21,23)(H,22,24).